The van der Waals surface area contributed by atoms with E-state index in [1.165, 1.54) is 0 Å². The van der Waals surface area contributed by atoms with E-state index in [4.69, 9.17) is 0 Å². The van der Waals surface area contributed by atoms with Gasteiger partial charge in [0.25, 0.3) is 0 Å². The lowest BCUT2D eigenvalue weighted by Gasteiger charge is -2.36. The van der Waals surface area contributed by atoms with Gasteiger partial charge in [-0.2, -0.15) is 0 Å². The van der Waals surface area contributed by atoms with E-state index in [1.807, 2.05) is 4.90 Å². The summed E-state index contributed by atoms with van der Waals surface area (Å²) in [5.41, 5.74) is 0.467. The van der Waals surface area contributed by atoms with Crippen molar-refractivity contribution < 1.29 is 4.79 Å². The van der Waals surface area contributed by atoms with Crippen molar-refractivity contribution in [3.05, 3.63) is 0 Å². The quantitative estimate of drug-likeness (QED) is 0.838. The maximum atomic E-state index is 12.1. The van der Waals surface area contributed by atoms with Crippen LogP contribution in [0, 0.1) is 5.41 Å². The first-order chi connectivity index (χ1) is 9.07. The molecule has 118 valence electrons. The SMILES string of the molecule is CC(C)(C)CCN1CCN(CCNC(C)(C)C)C(=O)C1. The molecule has 1 fully saturated rings. The molecule has 4 nitrogen and oxygen atoms in total. The fourth-order valence-corrected chi connectivity index (χ4v) is 2.24. The van der Waals surface area contributed by atoms with E-state index in [1.54, 1.807) is 0 Å². The molecule has 1 heterocycles. The standard InChI is InChI=1S/C16H33N3O/c1-15(2,3)7-9-18-11-12-19(14(20)13-18)10-8-17-16(4,5)6/h17H,7-13H2,1-6H3. The lowest BCUT2D eigenvalue weighted by molar-refractivity contribution is -0.136. The first-order valence-corrected chi connectivity index (χ1v) is 7.82. The fourth-order valence-electron chi connectivity index (χ4n) is 2.24. The fraction of sp³-hybridized carbons (Fsp3) is 0.938. The summed E-state index contributed by atoms with van der Waals surface area (Å²) in [6.07, 6.45) is 1.14. The third kappa shape index (κ3) is 7.25. The number of hydrogen-bond donors (Lipinski definition) is 1. The Morgan fingerprint density at radius 2 is 1.70 bits per heavy atom. The van der Waals surface area contributed by atoms with E-state index in [2.05, 4.69) is 51.8 Å². The van der Waals surface area contributed by atoms with Crippen LogP contribution in [0.1, 0.15) is 48.0 Å². The predicted octanol–water partition coefficient (Wildman–Crippen LogP) is 1.95. The van der Waals surface area contributed by atoms with Gasteiger partial charge in [0.05, 0.1) is 6.54 Å². The van der Waals surface area contributed by atoms with Crippen LogP contribution in [0.4, 0.5) is 0 Å². The number of rotatable bonds is 5. The molecule has 0 radical (unpaired) electrons. The van der Waals surface area contributed by atoms with E-state index in [-0.39, 0.29) is 11.4 Å². The molecular weight excluding hydrogens is 250 g/mol. The van der Waals surface area contributed by atoms with Gasteiger partial charge in [-0.25, -0.2) is 0 Å². The highest BCUT2D eigenvalue weighted by molar-refractivity contribution is 5.79. The van der Waals surface area contributed by atoms with Crippen LogP contribution in [0.2, 0.25) is 0 Å². The number of carbonyl (C=O) groups is 1. The molecule has 20 heavy (non-hydrogen) atoms. The Balaban J connectivity index is 2.28. The third-order valence-corrected chi connectivity index (χ3v) is 3.61. The second-order valence-corrected chi connectivity index (χ2v) is 8.14. The lowest BCUT2D eigenvalue weighted by Crippen LogP contribution is -2.53. The number of carbonyl (C=O) groups excluding carboxylic acids is 1. The summed E-state index contributed by atoms with van der Waals surface area (Å²) in [4.78, 5) is 16.4. The molecule has 0 aromatic rings. The molecule has 0 aromatic heterocycles. The summed E-state index contributed by atoms with van der Waals surface area (Å²) in [5, 5.41) is 3.44. The maximum absolute atomic E-state index is 12.1. The molecule has 1 amide bonds. The van der Waals surface area contributed by atoms with Gasteiger partial charge in [0.1, 0.15) is 0 Å². The van der Waals surface area contributed by atoms with Gasteiger partial charge in [0.2, 0.25) is 5.91 Å². The smallest absolute Gasteiger partial charge is 0.236 e. The van der Waals surface area contributed by atoms with E-state index < -0.39 is 0 Å². The average Bonchev–Trinajstić information content (AvgIpc) is 2.26. The Bertz CT molecular complexity index is 315. The topological polar surface area (TPSA) is 35.6 Å². The van der Waals surface area contributed by atoms with E-state index in [0.717, 1.165) is 39.1 Å². The van der Waals surface area contributed by atoms with Gasteiger partial charge in [0.15, 0.2) is 0 Å². The molecule has 0 saturated carbocycles. The summed E-state index contributed by atoms with van der Waals surface area (Å²) in [6, 6.07) is 0. The summed E-state index contributed by atoms with van der Waals surface area (Å²) in [7, 11) is 0. The van der Waals surface area contributed by atoms with Crippen molar-refractivity contribution in [2.24, 2.45) is 5.41 Å². The normalized spacial score (nSPS) is 18.7. The Morgan fingerprint density at radius 1 is 1.05 bits per heavy atom. The van der Waals surface area contributed by atoms with Gasteiger partial charge in [0, 0.05) is 31.7 Å². The minimum atomic E-state index is 0.123. The molecular formula is C16H33N3O. The molecule has 0 aliphatic carbocycles. The van der Waals surface area contributed by atoms with Gasteiger partial charge in [-0.1, -0.05) is 20.8 Å². The van der Waals surface area contributed by atoms with Crippen molar-refractivity contribution in [1.29, 1.82) is 0 Å². The Labute approximate surface area is 124 Å². The molecule has 1 rings (SSSR count). The molecule has 1 aliphatic rings. The van der Waals surface area contributed by atoms with Crippen molar-refractivity contribution >= 4 is 5.91 Å². The molecule has 1 N–H and O–H groups in total. The number of hydrogen-bond acceptors (Lipinski definition) is 3. The van der Waals surface area contributed by atoms with Crippen LogP contribution in [0.5, 0.6) is 0 Å². The largest absolute Gasteiger partial charge is 0.339 e. The monoisotopic (exact) mass is 283 g/mol. The van der Waals surface area contributed by atoms with Crippen LogP contribution in [-0.2, 0) is 4.79 Å². The summed E-state index contributed by atoms with van der Waals surface area (Å²) in [5.74, 6) is 0.279. The summed E-state index contributed by atoms with van der Waals surface area (Å²) in [6.45, 7) is 18.4. The van der Waals surface area contributed by atoms with Crippen LogP contribution in [0.15, 0.2) is 0 Å². The highest BCUT2D eigenvalue weighted by Crippen LogP contribution is 2.19. The second kappa shape index (κ2) is 6.90. The van der Waals surface area contributed by atoms with Crippen LogP contribution < -0.4 is 5.32 Å². The van der Waals surface area contributed by atoms with E-state index >= 15 is 0 Å². The van der Waals surface area contributed by atoms with Gasteiger partial charge < -0.3 is 10.2 Å². The average molecular weight is 283 g/mol. The highest BCUT2D eigenvalue weighted by atomic mass is 16.2. The van der Waals surface area contributed by atoms with Crippen molar-refractivity contribution in [2.75, 3.05) is 39.3 Å². The summed E-state index contributed by atoms with van der Waals surface area (Å²) >= 11 is 0. The van der Waals surface area contributed by atoms with Gasteiger partial charge in [-0.15, -0.1) is 0 Å². The number of nitrogens with zero attached hydrogens (tertiary/aromatic N) is 2. The second-order valence-electron chi connectivity index (χ2n) is 8.14. The molecule has 0 aromatic carbocycles. The van der Waals surface area contributed by atoms with Gasteiger partial charge in [-0.3, -0.25) is 9.69 Å². The number of piperazine rings is 1. The van der Waals surface area contributed by atoms with E-state index in [9.17, 15) is 4.79 Å². The predicted molar refractivity (Wildman–Crippen MR) is 84.8 cm³/mol. The van der Waals surface area contributed by atoms with Gasteiger partial charge >= 0.3 is 0 Å². The molecule has 1 saturated heterocycles. The zero-order valence-electron chi connectivity index (χ0n) is 14.3. The highest BCUT2D eigenvalue weighted by Gasteiger charge is 2.24. The number of nitrogens with one attached hydrogen (secondary N) is 1. The lowest BCUT2D eigenvalue weighted by atomic mass is 9.92. The molecule has 0 spiro atoms. The van der Waals surface area contributed by atoms with Crippen molar-refractivity contribution in [3.63, 3.8) is 0 Å². The minimum Gasteiger partial charge on any atom is -0.339 e. The zero-order chi connectivity index (χ0) is 15.4. The van der Waals surface area contributed by atoms with Crippen LogP contribution >= 0.6 is 0 Å². The zero-order valence-corrected chi connectivity index (χ0v) is 14.3. The third-order valence-electron chi connectivity index (χ3n) is 3.61. The number of amides is 1. The van der Waals surface area contributed by atoms with Crippen LogP contribution in [-0.4, -0.2) is 60.5 Å². The van der Waals surface area contributed by atoms with Crippen molar-refractivity contribution in [2.45, 2.75) is 53.5 Å². The van der Waals surface area contributed by atoms with Crippen LogP contribution in [0.25, 0.3) is 0 Å². The molecule has 1 aliphatic heterocycles. The molecule has 0 unspecified atom stereocenters. The molecule has 4 heteroatoms. The summed E-state index contributed by atoms with van der Waals surface area (Å²) < 4.78 is 0. The maximum Gasteiger partial charge on any atom is 0.236 e. The van der Waals surface area contributed by atoms with Crippen LogP contribution in [0.3, 0.4) is 0 Å². The Kier molecular flexibility index (Phi) is 6.02. The Morgan fingerprint density at radius 3 is 2.20 bits per heavy atom. The first-order valence-electron chi connectivity index (χ1n) is 7.82. The molecule has 0 atom stereocenters. The molecule has 0 bridgehead atoms. The first kappa shape index (κ1) is 17.4. The van der Waals surface area contributed by atoms with Crippen molar-refractivity contribution in [1.82, 2.24) is 15.1 Å². The van der Waals surface area contributed by atoms with E-state index in [0.29, 0.717) is 12.0 Å². The van der Waals surface area contributed by atoms with Crippen molar-refractivity contribution in [3.8, 4) is 0 Å². The minimum absolute atomic E-state index is 0.123. The Hall–Kier alpha value is -0.610. The van der Waals surface area contributed by atoms with Gasteiger partial charge in [-0.05, 0) is 39.2 Å².